The van der Waals surface area contributed by atoms with E-state index in [9.17, 15) is 0 Å². The minimum absolute atomic E-state index is 0. The van der Waals surface area contributed by atoms with Crippen molar-refractivity contribution in [1.82, 2.24) is 39.9 Å². The molecule has 0 unspecified atom stereocenters. The molecule has 0 aliphatic rings. The van der Waals surface area contributed by atoms with Gasteiger partial charge in [0.1, 0.15) is 0 Å². The molecule has 0 fully saturated rings. The average Bonchev–Trinajstić information content (AvgIpc) is 0.989. The molecule has 0 amide bonds. The molecule has 0 bridgehead atoms. The molecule has 8 nitrogen and oxygen atoms in total. The quantitative estimate of drug-likeness (QED) is 0.0882. The van der Waals surface area contributed by atoms with Crippen molar-refractivity contribution in [3.63, 3.8) is 0 Å². The van der Waals surface area contributed by atoms with Gasteiger partial charge in [-0.25, -0.2) is 0 Å². The first-order valence-corrected chi connectivity index (χ1v) is 45.3. The number of pyridine rings is 8. The summed E-state index contributed by atoms with van der Waals surface area (Å²) >= 11 is 0. The Morgan fingerprint density at radius 2 is 0.478 bits per heavy atom. The summed E-state index contributed by atoms with van der Waals surface area (Å²) in [6.45, 7) is 21.4. The Balaban J connectivity index is 0.000000177. The normalized spacial score (nSPS) is 10.1. The predicted molar refractivity (Wildman–Crippen MR) is 556 cm³/mol. The SMILES string of the molecule is CC(C)Cc1ccc(-c2ccnc(-c3[c-]cccc3)c2)cc1.CC(C)c1cccc(-c2ccnc(-c3[c-]cccc3)c2)c1.CCc1cccc(-c2ccnc(-c3[c-]cccc3)c2)c1.Cc1ccc(-c2[c-]cccc2)nc1.Cc1ccc(-c2[c-]cccc2)nc1.Cc1ccc(-c2[c-]cccc2)nc1.Cc1ccc(-c2[c-]cccc2)nc1.Cc1cccc(-c2ccnc(-c3[c-]cccc3)c2)c1.[Ir].[Ir].[Ir].[Ir]. The van der Waals surface area contributed by atoms with Crippen molar-refractivity contribution in [2.45, 2.75) is 88.0 Å². The van der Waals surface area contributed by atoms with Crippen LogP contribution in [0, 0.1) is 89.1 Å². The summed E-state index contributed by atoms with van der Waals surface area (Å²) in [5, 5.41) is 0. The van der Waals surface area contributed by atoms with Gasteiger partial charge in [0.15, 0.2) is 0 Å². The van der Waals surface area contributed by atoms with Crippen molar-refractivity contribution in [2.75, 3.05) is 0 Å². The van der Waals surface area contributed by atoms with Gasteiger partial charge in [-0.15, -0.1) is 287 Å². The van der Waals surface area contributed by atoms with Gasteiger partial charge in [0.05, 0.1) is 0 Å². The van der Waals surface area contributed by atoms with Gasteiger partial charge < -0.3 is 39.9 Å². The van der Waals surface area contributed by atoms with Crippen LogP contribution in [0.3, 0.4) is 0 Å². The van der Waals surface area contributed by atoms with Gasteiger partial charge in [0.25, 0.3) is 0 Å². The molecule has 138 heavy (non-hydrogen) atoms. The fraction of sp³-hybridized carbons (Fsp3) is 0.111. The minimum atomic E-state index is 0. The molecule has 0 aliphatic carbocycles. The number of benzene rings is 12. The van der Waals surface area contributed by atoms with Crippen LogP contribution in [0.1, 0.15) is 85.0 Å². The molecule has 0 saturated carbocycles. The third-order valence-corrected chi connectivity index (χ3v) is 21.4. The van der Waals surface area contributed by atoms with Crippen LogP contribution < -0.4 is 0 Å². The van der Waals surface area contributed by atoms with Crippen molar-refractivity contribution >= 4 is 0 Å². The van der Waals surface area contributed by atoms with Crippen molar-refractivity contribution in [3.8, 4) is 135 Å². The maximum atomic E-state index is 4.46. The maximum absolute atomic E-state index is 4.46. The second kappa shape index (κ2) is 58.1. The Morgan fingerprint density at radius 1 is 0.210 bits per heavy atom. The molecule has 0 saturated heterocycles. The number of aryl methyl sites for hydroxylation is 6. The first-order valence-electron chi connectivity index (χ1n) is 45.3. The first kappa shape index (κ1) is 108. The Morgan fingerprint density at radius 3 is 0.739 bits per heavy atom. The number of nitrogens with zero attached hydrogens (tertiary/aromatic N) is 8. The van der Waals surface area contributed by atoms with E-state index in [1.165, 1.54) is 89.0 Å². The fourth-order valence-corrected chi connectivity index (χ4v) is 14.1. The summed E-state index contributed by atoms with van der Waals surface area (Å²) in [5.41, 5.74) is 35.8. The van der Waals surface area contributed by atoms with Crippen LogP contribution in [0.25, 0.3) is 135 Å². The Hall–Kier alpha value is -13.6. The van der Waals surface area contributed by atoms with Gasteiger partial charge in [0.2, 0.25) is 0 Å². The molecule has 20 rings (SSSR count). The van der Waals surface area contributed by atoms with E-state index in [-0.39, 0.29) is 80.4 Å². The van der Waals surface area contributed by atoms with Gasteiger partial charge in [-0.05, 0) is 213 Å². The van der Waals surface area contributed by atoms with Crippen molar-refractivity contribution < 1.29 is 80.4 Å². The van der Waals surface area contributed by atoms with E-state index in [0.29, 0.717) is 11.8 Å². The molecule has 8 heterocycles. The third kappa shape index (κ3) is 34.6. The maximum Gasteiger partial charge on any atom is 0.0190 e. The zero-order valence-electron chi connectivity index (χ0n) is 79.0. The molecule has 12 heteroatoms. The predicted octanol–water partition coefficient (Wildman–Crippen LogP) is 31.5. The van der Waals surface area contributed by atoms with E-state index < -0.39 is 0 Å². The van der Waals surface area contributed by atoms with E-state index >= 15 is 0 Å². The van der Waals surface area contributed by atoms with Crippen LogP contribution in [0.5, 0.6) is 0 Å². The van der Waals surface area contributed by atoms with Crippen LogP contribution in [-0.4, -0.2) is 39.9 Å². The zero-order chi connectivity index (χ0) is 93.3. The molecule has 696 valence electrons. The number of aromatic nitrogens is 8. The molecule has 8 aromatic heterocycles. The molecule has 4 radical (unpaired) electrons. The van der Waals surface area contributed by atoms with E-state index in [1.54, 1.807) is 0 Å². The van der Waals surface area contributed by atoms with Gasteiger partial charge in [-0.2, -0.15) is 0 Å². The molecule has 0 aliphatic heterocycles. The van der Waals surface area contributed by atoms with Crippen molar-refractivity contribution in [1.29, 1.82) is 0 Å². The summed E-state index contributed by atoms with van der Waals surface area (Å²) in [4.78, 5) is 35.1. The minimum Gasteiger partial charge on any atom is -0.305 e. The van der Waals surface area contributed by atoms with Gasteiger partial charge >= 0.3 is 0 Å². The molecular formula is C126H108Ir4N8-8. The summed E-state index contributed by atoms with van der Waals surface area (Å²) in [6, 6.07) is 156. The van der Waals surface area contributed by atoms with Gasteiger partial charge in [-0.3, -0.25) is 0 Å². The van der Waals surface area contributed by atoms with Crippen LogP contribution in [0.15, 0.2) is 438 Å². The zero-order valence-corrected chi connectivity index (χ0v) is 88.6. The molecule has 0 atom stereocenters. The van der Waals surface area contributed by atoms with Gasteiger partial charge in [-0.1, -0.05) is 210 Å². The largest absolute Gasteiger partial charge is 0.305 e. The van der Waals surface area contributed by atoms with Crippen LogP contribution >= 0.6 is 0 Å². The van der Waals surface area contributed by atoms with E-state index in [1.807, 2.05) is 302 Å². The Labute approximate surface area is 871 Å². The molecule has 0 spiro atoms. The number of hydrogen-bond donors (Lipinski definition) is 0. The topological polar surface area (TPSA) is 103 Å². The summed E-state index contributed by atoms with van der Waals surface area (Å²) in [5.74, 6) is 1.22. The van der Waals surface area contributed by atoms with Crippen LogP contribution in [-0.2, 0) is 93.3 Å². The standard InChI is InChI=1S/C21H20N.C20H18N.C19H16N.C18H14N.4C12H10N.4Ir/c1-16(2)14-17-8-10-18(11-9-17)20-12-13-22-21(15-20)19-6-4-3-5-7-19;1-15(2)17-9-6-10-18(13-17)19-11-12-21-20(14-19)16-7-4-3-5-8-16;1-2-15-7-6-10-17(13-15)18-11-12-20-19(14-18)16-8-4-3-5-9-16;1-14-6-5-9-16(12-14)17-10-11-19-18(13-17)15-7-3-2-4-8-15;4*1-10-7-8-12(13-9-10)11-5-3-2-4-6-11;;;;/h3-6,8-13,15-16H,14H2,1-2H3;3-7,9-15H,1-2H3;3-8,10-14H,2H2,1H3;2-7,9-13H,1H3;4*2-5,7-9H,1H3;;;;/q8*-1;;;;. The third-order valence-electron chi connectivity index (χ3n) is 21.4. The Kier molecular flexibility index (Phi) is 45.5. The van der Waals surface area contributed by atoms with Crippen LogP contribution in [0.2, 0.25) is 0 Å². The molecule has 12 aromatic carbocycles. The van der Waals surface area contributed by atoms with Crippen molar-refractivity contribution in [2.24, 2.45) is 5.92 Å². The van der Waals surface area contributed by atoms with E-state index in [2.05, 4.69) is 294 Å². The number of hydrogen-bond acceptors (Lipinski definition) is 8. The van der Waals surface area contributed by atoms with Gasteiger partial charge in [0, 0.05) is 130 Å². The first-order chi connectivity index (χ1) is 65.6. The second-order valence-corrected chi connectivity index (χ2v) is 32.8. The summed E-state index contributed by atoms with van der Waals surface area (Å²) in [7, 11) is 0. The van der Waals surface area contributed by atoms with E-state index in [4.69, 9.17) is 0 Å². The second-order valence-electron chi connectivity index (χ2n) is 32.8. The smallest absolute Gasteiger partial charge is 0.0190 e. The van der Waals surface area contributed by atoms with Crippen molar-refractivity contribution in [3.05, 3.63) is 531 Å². The number of rotatable bonds is 16. The Bertz CT molecular complexity index is 6530. The van der Waals surface area contributed by atoms with E-state index in [0.717, 1.165) is 103 Å². The summed E-state index contributed by atoms with van der Waals surface area (Å²) in [6.07, 6.45) is 17.1. The molecule has 20 aromatic rings. The average molecular weight is 2500 g/mol. The molecule has 0 N–H and O–H groups in total. The van der Waals surface area contributed by atoms with Crippen LogP contribution in [0.4, 0.5) is 0 Å². The fourth-order valence-electron chi connectivity index (χ4n) is 14.1. The molecular weight excluding hydrogens is 2390 g/mol. The summed E-state index contributed by atoms with van der Waals surface area (Å²) < 4.78 is 0. The monoisotopic (exact) mass is 2500 g/mol.